The van der Waals surface area contributed by atoms with Crippen LogP contribution in [0.4, 0.5) is 16.2 Å². The zero-order valence-electron chi connectivity index (χ0n) is 68.8. The van der Waals surface area contributed by atoms with E-state index in [1.807, 2.05) is 68.4 Å². The van der Waals surface area contributed by atoms with Gasteiger partial charge in [0.1, 0.15) is 42.8 Å². The van der Waals surface area contributed by atoms with Crippen molar-refractivity contribution in [1.29, 1.82) is 0 Å². The van der Waals surface area contributed by atoms with Crippen LogP contribution in [-0.2, 0) is 89.4 Å². The van der Waals surface area contributed by atoms with Gasteiger partial charge < -0.3 is 104 Å². The van der Waals surface area contributed by atoms with E-state index >= 15 is 0 Å². The fourth-order valence-electron chi connectivity index (χ4n) is 14.5. The lowest BCUT2D eigenvalue weighted by Crippen LogP contribution is -2.61. The van der Waals surface area contributed by atoms with Gasteiger partial charge in [-0.15, -0.1) is 0 Å². The van der Waals surface area contributed by atoms with Crippen molar-refractivity contribution >= 4 is 64.8 Å². The van der Waals surface area contributed by atoms with E-state index < -0.39 is 133 Å². The van der Waals surface area contributed by atoms with E-state index in [1.54, 1.807) is 82.7 Å². The van der Waals surface area contributed by atoms with Crippen molar-refractivity contribution in [1.82, 2.24) is 30.7 Å². The number of carboxylic acid groups (broad SMARTS) is 1. The number of carboxylic acids is 1. The summed E-state index contributed by atoms with van der Waals surface area (Å²) in [6.07, 6.45) is -10.3. The molecule has 31 nitrogen and oxygen atoms in total. The topological polar surface area (TPSA) is 399 Å². The molecule has 3 aliphatic heterocycles. The molecule has 638 valence electrons. The van der Waals surface area contributed by atoms with E-state index in [0.29, 0.717) is 76.9 Å². The van der Waals surface area contributed by atoms with Crippen LogP contribution >= 0.6 is 0 Å². The van der Waals surface area contributed by atoms with E-state index in [1.165, 1.54) is 44.4 Å². The van der Waals surface area contributed by atoms with Crippen molar-refractivity contribution in [3.63, 3.8) is 0 Å². The number of carbonyl (C=O) groups is 9. The minimum absolute atomic E-state index is 0.00578. The third kappa shape index (κ3) is 26.9. The maximum absolute atomic E-state index is 15.0. The normalized spacial score (nSPS) is 19.5. The van der Waals surface area contributed by atoms with Crippen LogP contribution < -0.4 is 30.9 Å². The molecule has 0 aromatic heterocycles. The molecule has 2 unspecified atom stereocenters. The molecule has 2 fully saturated rings. The highest BCUT2D eigenvalue weighted by molar-refractivity contribution is 5.95. The van der Waals surface area contributed by atoms with Gasteiger partial charge >= 0.3 is 12.1 Å². The van der Waals surface area contributed by atoms with E-state index in [9.17, 15) is 68.7 Å². The van der Waals surface area contributed by atoms with Gasteiger partial charge in [-0.2, -0.15) is 0 Å². The molecule has 8 amide bonds. The fraction of sp³-hybridized carbons (Fsp3) is 0.588. The van der Waals surface area contributed by atoms with Gasteiger partial charge in [-0.3, -0.25) is 38.5 Å². The number of aliphatic hydroxyl groups is 4. The Morgan fingerprint density at radius 1 is 0.664 bits per heavy atom. The first-order valence-electron chi connectivity index (χ1n) is 40.0. The van der Waals surface area contributed by atoms with Gasteiger partial charge in [0, 0.05) is 76.6 Å². The summed E-state index contributed by atoms with van der Waals surface area (Å²) in [5.74, 6) is 0.100. The number of aliphatic carboxylic acids is 1. The summed E-state index contributed by atoms with van der Waals surface area (Å²) in [5, 5.41) is 64.1. The Hall–Kier alpha value is -9.17. The molecule has 4 aromatic carbocycles. The fourth-order valence-corrected chi connectivity index (χ4v) is 14.5. The summed E-state index contributed by atoms with van der Waals surface area (Å²) in [6.45, 7) is 16.5. The van der Waals surface area contributed by atoms with Crippen molar-refractivity contribution in [2.75, 3.05) is 104 Å². The number of rotatable bonds is 46. The number of likely N-dealkylation sites (tertiary alicyclic amines) is 1. The number of hydrogen-bond acceptors (Lipinski definition) is 22. The lowest BCUT2D eigenvalue weighted by molar-refractivity contribution is -0.271. The summed E-state index contributed by atoms with van der Waals surface area (Å²) in [5.41, 5.74) is 4.27. The van der Waals surface area contributed by atoms with E-state index in [2.05, 4.69) is 33.1 Å². The molecular weight excluding hydrogens is 1500 g/mol. The molecule has 0 saturated carbocycles. The number of likely N-dealkylation sites (N-methyl/N-ethyl adjacent to an activating group) is 2. The summed E-state index contributed by atoms with van der Waals surface area (Å²) < 4.78 is 51.6. The third-order valence-electron chi connectivity index (χ3n) is 21.2. The average molecular weight is 1620 g/mol. The molecule has 0 spiro atoms. The second-order valence-electron chi connectivity index (χ2n) is 30.2. The van der Waals surface area contributed by atoms with Gasteiger partial charge in [0.2, 0.25) is 47.6 Å². The number of fused-ring (bicyclic) bond motifs is 2. The predicted molar refractivity (Wildman–Crippen MR) is 428 cm³/mol. The van der Waals surface area contributed by atoms with Crippen LogP contribution in [0, 0.1) is 35.5 Å². The number of para-hydroxylation sites is 1. The van der Waals surface area contributed by atoms with Crippen LogP contribution in [0.3, 0.4) is 0 Å². The Kier molecular flexibility index (Phi) is 38.3. The predicted octanol–water partition coefficient (Wildman–Crippen LogP) is 5.87. The number of carbonyl (C=O) groups excluding carboxylic acids is 8. The number of benzene rings is 4. The summed E-state index contributed by atoms with van der Waals surface area (Å²) in [6, 6.07) is 24.3. The number of hydrogen-bond donors (Lipinski definition) is 9. The lowest BCUT2D eigenvalue weighted by Gasteiger charge is -2.41. The molecule has 7 rings (SSSR count). The minimum Gasteiger partial charge on any atom is -0.479 e. The molecule has 31 heteroatoms. The Balaban J connectivity index is 0.852. The molecule has 4 aromatic rings. The summed E-state index contributed by atoms with van der Waals surface area (Å²) in [7, 11) is 5.89. The quantitative estimate of drug-likeness (QED) is 0.0184. The second-order valence-corrected chi connectivity index (χ2v) is 30.2. The highest BCUT2D eigenvalue weighted by atomic mass is 16.7. The first-order valence-corrected chi connectivity index (χ1v) is 40.0. The molecular formula is C85H120N8O23. The Bertz CT molecular complexity index is 3920. The maximum atomic E-state index is 15.0. The molecule has 9 N–H and O–H groups in total. The number of ether oxygens (including phenoxy) is 9. The number of aliphatic hydroxyl groups excluding tert-OH is 4. The second kappa shape index (κ2) is 47.3. The molecule has 116 heavy (non-hydrogen) atoms. The van der Waals surface area contributed by atoms with Gasteiger partial charge in [-0.25, -0.2) is 9.59 Å². The lowest BCUT2D eigenvalue weighted by atomic mass is 9.89. The van der Waals surface area contributed by atoms with Gasteiger partial charge in [0.15, 0.2) is 6.10 Å². The number of methoxy groups -OCH3 is 2. The van der Waals surface area contributed by atoms with Crippen LogP contribution in [0.1, 0.15) is 147 Å². The van der Waals surface area contributed by atoms with Crippen molar-refractivity contribution < 1.29 is 111 Å². The van der Waals surface area contributed by atoms with Crippen LogP contribution in [-0.4, -0.2) is 261 Å². The van der Waals surface area contributed by atoms with Crippen LogP contribution in [0.25, 0.3) is 0 Å². The molecule has 0 radical (unpaired) electrons. The number of unbranched alkanes of at least 4 members (excludes halogenated alkanes) is 1. The zero-order valence-corrected chi connectivity index (χ0v) is 68.8. The summed E-state index contributed by atoms with van der Waals surface area (Å²) in [4.78, 5) is 130. The average Bonchev–Trinajstić information content (AvgIpc) is 0.963. The van der Waals surface area contributed by atoms with Gasteiger partial charge in [0.05, 0.1) is 120 Å². The highest BCUT2D eigenvalue weighted by Crippen LogP contribution is 2.34. The van der Waals surface area contributed by atoms with Crippen molar-refractivity contribution in [3.05, 3.63) is 125 Å². The molecule has 0 aliphatic carbocycles. The minimum atomic E-state index is -2.03. The van der Waals surface area contributed by atoms with E-state index in [-0.39, 0.29) is 105 Å². The van der Waals surface area contributed by atoms with Gasteiger partial charge in [0.25, 0.3) is 0 Å². The summed E-state index contributed by atoms with van der Waals surface area (Å²) >= 11 is 0. The number of amides is 8. The van der Waals surface area contributed by atoms with E-state index in [4.69, 9.17) is 42.6 Å². The monoisotopic (exact) mass is 1620 g/mol. The Labute approximate surface area is 680 Å². The van der Waals surface area contributed by atoms with Gasteiger partial charge in [-0.05, 0) is 97.9 Å². The number of nitrogens with one attached hydrogen (secondary N) is 4. The number of nitrogens with zero attached hydrogens (tertiary/aromatic N) is 4. The molecule has 3 heterocycles. The standard InChI is InChI=1S/C85H120N8O23/c1-13-54(6)73(66(108-11)49-70(97)92-39-23-30-64(92)78(109-12)55(7)80(102)87-56(8)74(98)59-26-15-14-16-27-59)90(9)82(104)71(52(2)3)89-81(103)72(53(4)5)91(10)85(107)114-51-61-48-62(35-36-65(61)115-84-77(101)75(99)76(100)79(116-84)83(105)106)88-68(95)37-40-110-42-44-112-46-47-113-45-43-111-41-38-86-67(94)31-21-22-32-69(96)93-50-60-28-18-17-24-57(60)33-34-58-25-19-20-29-63(58)93/h14-20,24-29,35-36,48,52-56,64,66,71-79,84,98-101H,13,21-23,30-32,37-47,49-51H2,1-12H3,(H,86,94)(H,87,102)(H,88,95)(H,89,103)(H,105,106)/t54-,55+,56+,64-,66+,71-,72-,73-,74+,75-,76-,77?,78+,79?,84+/m0/s1. The van der Waals surface area contributed by atoms with Crippen LogP contribution in [0.2, 0.25) is 0 Å². The number of anilines is 2. The van der Waals surface area contributed by atoms with Crippen molar-refractivity contribution in [2.24, 2.45) is 23.7 Å². The SMILES string of the molecule is CC[C@H](C)[C@@H]([C@@H](CC(=O)N1CCC[C@H]1[C@H](OC)[C@@H](C)C(=O)N[C@H](C)[C@@H](O)c1ccccc1)OC)N(C)C(=O)[C@@H](NC(=O)[C@H](C(C)C)N(C)C(=O)OCc1cc(NC(=O)CCOCCOCCOCCOCCNC(=O)CCCCC(=O)N2Cc3ccccc3C#Cc3ccccc32)ccc1O[C@@H]1OC(C(=O)O)[C@@H](O)[C@H](O)C1O)C(C)C. The first kappa shape index (κ1) is 94.0. The Morgan fingerprint density at radius 3 is 1.94 bits per heavy atom. The molecule has 2 saturated heterocycles. The van der Waals surface area contributed by atoms with Crippen LogP contribution in [0.5, 0.6) is 5.75 Å². The largest absolute Gasteiger partial charge is 0.479 e. The smallest absolute Gasteiger partial charge is 0.410 e. The van der Waals surface area contributed by atoms with Crippen molar-refractivity contribution in [3.8, 4) is 17.6 Å². The maximum Gasteiger partial charge on any atom is 0.410 e. The van der Waals surface area contributed by atoms with Gasteiger partial charge in [-0.1, -0.05) is 127 Å². The highest BCUT2D eigenvalue weighted by Gasteiger charge is 2.49. The van der Waals surface area contributed by atoms with Crippen molar-refractivity contribution in [2.45, 2.75) is 206 Å². The molecule has 15 atom stereocenters. The Morgan fingerprint density at radius 2 is 1.29 bits per heavy atom. The zero-order chi connectivity index (χ0) is 84.7. The van der Waals surface area contributed by atoms with E-state index in [0.717, 1.165) is 27.3 Å². The molecule has 3 aliphatic rings. The molecule has 0 bridgehead atoms. The third-order valence-corrected chi connectivity index (χ3v) is 21.2. The van der Waals surface area contributed by atoms with Crippen LogP contribution in [0.15, 0.2) is 97.1 Å². The first-order chi connectivity index (χ1) is 55.5.